The molecule has 1 amide bonds. The average molecular weight is 325 g/mol. The number of hydrogen-bond donors (Lipinski definition) is 1. The second kappa shape index (κ2) is 6.96. The first kappa shape index (κ1) is 15.7. The third kappa shape index (κ3) is 3.99. The fourth-order valence-corrected chi connectivity index (χ4v) is 3.39. The highest BCUT2D eigenvalue weighted by Gasteiger charge is 2.30. The van der Waals surface area contributed by atoms with Crippen LogP contribution < -0.4 is 5.32 Å². The van der Waals surface area contributed by atoms with E-state index in [1.165, 1.54) is 22.9 Å². The van der Waals surface area contributed by atoms with Gasteiger partial charge in [0.1, 0.15) is 0 Å². The van der Waals surface area contributed by atoms with Gasteiger partial charge in [-0.15, -0.1) is 0 Å². The Morgan fingerprint density at radius 2 is 2.00 bits per heavy atom. The van der Waals surface area contributed by atoms with Crippen molar-refractivity contribution in [1.82, 2.24) is 10.3 Å². The minimum atomic E-state index is -0.137. The molecule has 1 saturated heterocycles. The van der Waals surface area contributed by atoms with Crippen LogP contribution in [0.5, 0.6) is 0 Å². The monoisotopic (exact) mass is 325 g/mol. The van der Waals surface area contributed by atoms with E-state index in [2.05, 4.69) is 53.4 Å². The lowest BCUT2D eigenvalue weighted by Gasteiger charge is -2.08. The molecule has 1 unspecified atom stereocenters. The maximum Gasteiger partial charge on any atom is 0.239 e. The fourth-order valence-electron chi connectivity index (χ4n) is 2.37. The molecule has 5 heteroatoms. The normalized spacial score (nSPS) is 19.3. The third-order valence-electron chi connectivity index (χ3n) is 3.71. The molecule has 0 bridgehead atoms. The Morgan fingerprint density at radius 1 is 1.22 bits per heavy atom. The van der Waals surface area contributed by atoms with Gasteiger partial charge in [0.05, 0.1) is 5.25 Å². The van der Waals surface area contributed by atoms with Crippen LogP contribution in [-0.2, 0) is 11.2 Å². The summed E-state index contributed by atoms with van der Waals surface area (Å²) in [5, 5.41) is 3.32. The molecule has 4 nitrogen and oxygen atoms in total. The fraction of sp³-hybridized carbons (Fsp3) is 0.278. The van der Waals surface area contributed by atoms with E-state index in [0.29, 0.717) is 23.3 Å². The molecular formula is C18H19N3OS. The van der Waals surface area contributed by atoms with Crippen LogP contribution in [0.15, 0.2) is 53.7 Å². The van der Waals surface area contributed by atoms with Gasteiger partial charge >= 0.3 is 0 Å². The number of aliphatic imine (C=N–C) groups is 1. The topological polar surface area (TPSA) is 54.4 Å². The number of rotatable bonds is 4. The number of amides is 1. The number of benzene rings is 1. The summed E-state index contributed by atoms with van der Waals surface area (Å²) in [6.07, 6.45) is 2.39. The molecule has 3 rings (SSSR count). The highest BCUT2D eigenvalue weighted by molar-refractivity contribution is 8.15. The Bertz CT molecular complexity index is 711. The summed E-state index contributed by atoms with van der Waals surface area (Å²) in [6.45, 7) is 4.35. The predicted molar refractivity (Wildman–Crippen MR) is 95.1 cm³/mol. The van der Waals surface area contributed by atoms with Gasteiger partial charge in [-0.3, -0.25) is 4.79 Å². The van der Waals surface area contributed by atoms with Crippen molar-refractivity contribution in [3.05, 3.63) is 59.8 Å². The number of nitrogens with zero attached hydrogens (tertiary/aromatic N) is 2. The number of pyridine rings is 1. The van der Waals surface area contributed by atoms with Crippen LogP contribution in [0.25, 0.3) is 0 Å². The molecule has 0 spiro atoms. The highest BCUT2D eigenvalue weighted by atomic mass is 32.2. The first-order chi connectivity index (χ1) is 11.1. The predicted octanol–water partition coefficient (Wildman–Crippen LogP) is 3.67. The number of carbonyl (C=O) groups excluding carboxylic acids is 1. The van der Waals surface area contributed by atoms with Gasteiger partial charge in [0, 0.05) is 6.20 Å². The molecule has 0 aliphatic carbocycles. The first-order valence-electron chi connectivity index (χ1n) is 7.68. The lowest BCUT2D eigenvalue weighted by atomic mass is 10.0. The van der Waals surface area contributed by atoms with Gasteiger partial charge in [-0.1, -0.05) is 55.9 Å². The van der Waals surface area contributed by atoms with E-state index in [1.54, 1.807) is 6.20 Å². The Kier molecular flexibility index (Phi) is 4.76. The first-order valence-corrected chi connectivity index (χ1v) is 8.56. The SMILES string of the molecule is CC(C)c1ccc(CC2SC(=Nc3ccccn3)NC2=O)cc1. The van der Waals surface area contributed by atoms with Crippen molar-refractivity contribution < 1.29 is 4.79 Å². The number of aromatic nitrogens is 1. The summed E-state index contributed by atoms with van der Waals surface area (Å²) in [4.78, 5) is 20.6. The quantitative estimate of drug-likeness (QED) is 0.933. The Labute approximate surface area is 140 Å². The Hall–Kier alpha value is -2.14. The molecular weight excluding hydrogens is 306 g/mol. The number of hydrogen-bond acceptors (Lipinski definition) is 4. The lowest BCUT2D eigenvalue weighted by Crippen LogP contribution is -2.25. The average Bonchev–Trinajstić information content (AvgIpc) is 2.88. The van der Waals surface area contributed by atoms with E-state index in [1.807, 2.05) is 18.2 Å². The van der Waals surface area contributed by atoms with Crippen molar-refractivity contribution in [2.45, 2.75) is 31.4 Å². The number of thioether (sulfide) groups is 1. The highest BCUT2D eigenvalue weighted by Crippen LogP contribution is 2.25. The molecule has 2 heterocycles. The second-order valence-corrected chi connectivity index (χ2v) is 6.99. The van der Waals surface area contributed by atoms with E-state index < -0.39 is 0 Å². The van der Waals surface area contributed by atoms with Crippen molar-refractivity contribution in [3.8, 4) is 0 Å². The van der Waals surface area contributed by atoms with Gasteiger partial charge in [0.15, 0.2) is 11.0 Å². The van der Waals surface area contributed by atoms with Crippen molar-refractivity contribution in [2.24, 2.45) is 4.99 Å². The van der Waals surface area contributed by atoms with Crippen LogP contribution in [0.2, 0.25) is 0 Å². The number of amidine groups is 1. The van der Waals surface area contributed by atoms with Crippen LogP contribution in [0.1, 0.15) is 30.9 Å². The molecule has 2 aromatic rings. The smallest absolute Gasteiger partial charge is 0.239 e. The molecule has 0 saturated carbocycles. The summed E-state index contributed by atoms with van der Waals surface area (Å²) in [6, 6.07) is 14.0. The summed E-state index contributed by atoms with van der Waals surface area (Å²) in [5.41, 5.74) is 2.48. The van der Waals surface area contributed by atoms with Crippen LogP contribution >= 0.6 is 11.8 Å². The zero-order valence-electron chi connectivity index (χ0n) is 13.2. The van der Waals surface area contributed by atoms with Gasteiger partial charge in [0.25, 0.3) is 0 Å². The van der Waals surface area contributed by atoms with E-state index >= 15 is 0 Å². The van der Waals surface area contributed by atoms with Gasteiger partial charge < -0.3 is 5.32 Å². The molecule has 1 aromatic carbocycles. The molecule has 1 aromatic heterocycles. The van der Waals surface area contributed by atoms with Crippen molar-refractivity contribution in [2.75, 3.05) is 0 Å². The zero-order valence-corrected chi connectivity index (χ0v) is 14.0. The summed E-state index contributed by atoms with van der Waals surface area (Å²) < 4.78 is 0. The molecule has 1 aliphatic heterocycles. The van der Waals surface area contributed by atoms with Gasteiger partial charge in [0.2, 0.25) is 5.91 Å². The molecule has 0 radical (unpaired) electrons. The molecule has 1 aliphatic rings. The lowest BCUT2D eigenvalue weighted by molar-refractivity contribution is -0.118. The zero-order chi connectivity index (χ0) is 16.2. The molecule has 23 heavy (non-hydrogen) atoms. The minimum absolute atomic E-state index is 0.0117. The van der Waals surface area contributed by atoms with Crippen LogP contribution in [0.3, 0.4) is 0 Å². The Balaban J connectivity index is 1.67. The van der Waals surface area contributed by atoms with Gasteiger partial charge in [-0.2, -0.15) is 0 Å². The van der Waals surface area contributed by atoms with Crippen LogP contribution in [0.4, 0.5) is 5.82 Å². The standard InChI is InChI=1S/C18H19N3OS/c1-12(2)14-8-6-13(7-9-14)11-15-17(22)21-18(23-15)20-16-5-3-4-10-19-16/h3-10,12,15H,11H2,1-2H3,(H,19,20,21,22). The molecule has 1 atom stereocenters. The van der Waals surface area contributed by atoms with E-state index in [9.17, 15) is 4.79 Å². The van der Waals surface area contributed by atoms with Crippen LogP contribution in [0, 0.1) is 0 Å². The van der Waals surface area contributed by atoms with Crippen molar-refractivity contribution in [1.29, 1.82) is 0 Å². The molecule has 1 N–H and O–H groups in total. The van der Waals surface area contributed by atoms with Gasteiger partial charge in [-0.05, 0) is 35.6 Å². The van der Waals surface area contributed by atoms with Crippen LogP contribution in [-0.4, -0.2) is 21.3 Å². The van der Waals surface area contributed by atoms with Crippen molar-refractivity contribution >= 4 is 28.7 Å². The molecule has 118 valence electrons. The number of carbonyl (C=O) groups is 1. The second-order valence-electron chi connectivity index (χ2n) is 5.80. The van der Waals surface area contributed by atoms with Crippen molar-refractivity contribution in [3.63, 3.8) is 0 Å². The van der Waals surface area contributed by atoms with E-state index in [4.69, 9.17) is 0 Å². The summed E-state index contributed by atoms with van der Waals surface area (Å²) in [7, 11) is 0. The largest absolute Gasteiger partial charge is 0.304 e. The van der Waals surface area contributed by atoms with E-state index in [-0.39, 0.29) is 11.2 Å². The summed E-state index contributed by atoms with van der Waals surface area (Å²) in [5.74, 6) is 1.14. The third-order valence-corrected chi connectivity index (χ3v) is 4.79. The molecule has 1 fully saturated rings. The minimum Gasteiger partial charge on any atom is -0.304 e. The maximum absolute atomic E-state index is 12.1. The summed E-state index contributed by atoms with van der Waals surface area (Å²) >= 11 is 1.47. The Morgan fingerprint density at radius 3 is 2.65 bits per heavy atom. The van der Waals surface area contributed by atoms with Gasteiger partial charge in [-0.25, -0.2) is 9.98 Å². The van der Waals surface area contributed by atoms with E-state index in [0.717, 1.165) is 0 Å². The number of nitrogens with one attached hydrogen (secondary N) is 1. The maximum atomic E-state index is 12.1.